The molecule has 0 heterocycles. The number of rotatable bonds is 4. The predicted molar refractivity (Wildman–Crippen MR) is 97.2 cm³/mol. The molecule has 3 nitrogen and oxygen atoms in total. The molecule has 24 heavy (non-hydrogen) atoms. The van der Waals surface area contributed by atoms with Gasteiger partial charge in [0.25, 0.3) is 0 Å². The number of hydrogen-bond acceptors (Lipinski definition) is 3. The van der Waals surface area contributed by atoms with Crippen molar-refractivity contribution in [1.29, 1.82) is 0 Å². The van der Waals surface area contributed by atoms with Crippen LogP contribution in [0.3, 0.4) is 0 Å². The Morgan fingerprint density at radius 1 is 1.00 bits per heavy atom. The van der Waals surface area contributed by atoms with E-state index in [1.807, 2.05) is 26.0 Å². The molecule has 0 bridgehead atoms. The zero-order chi connectivity index (χ0) is 17.9. The number of hydrogen-bond donors (Lipinski definition) is 0. The summed E-state index contributed by atoms with van der Waals surface area (Å²) in [4.78, 5) is 11.9. The highest BCUT2D eigenvalue weighted by molar-refractivity contribution is 6.32. The van der Waals surface area contributed by atoms with E-state index in [9.17, 15) is 4.79 Å². The molecule has 0 aromatic heterocycles. The standard InChI is InChI=1S/C20H23ClO3/c1-13-10-17(11-14(2)19(13)21)23-12-18(22)24-16-8-6-15(7-9-16)20(3,4)5/h6-11H,12H2,1-5H3. The van der Waals surface area contributed by atoms with Crippen LogP contribution in [-0.4, -0.2) is 12.6 Å². The van der Waals surface area contributed by atoms with Crippen LogP contribution in [0.4, 0.5) is 0 Å². The average molecular weight is 347 g/mol. The number of ether oxygens (including phenoxy) is 2. The van der Waals surface area contributed by atoms with Gasteiger partial charge in [-0.3, -0.25) is 0 Å². The highest BCUT2D eigenvalue weighted by Gasteiger charge is 2.14. The van der Waals surface area contributed by atoms with Gasteiger partial charge in [-0.05, 0) is 60.2 Å². The van der Waals surface area contributed by atoms with Gasteiger partial charge in [-0.2, -0.15) is 0 Å². The van der Waals surface area contributed by atoms with Crippen molar-refractivity contribution in [2.45, 2.75) is 40.0 Å². The van der Waals surface area contributed by atoms with E-state index in [-0.39, 0.29) is 12.0 Å². The third kappa shape index (κ3) is 4.75. The molecule has 0 amide bonds. The minimum atomic E-state index is -0.441. The summed E-state index contributed by atoms with van der Waals surface area (Å²) in [5.41, 5.74) is 3.08. The van der Waals surface area contributed by atoms with Crippen LogP contribution in [0.15, 0.2) is 36.4 Å². The highest BCUT2D eigenvalue weighted by Crippen LogP contribution is 2.26. The number of aryl methyl sites for hydroxylation is 2. The largest absolute Gasteiger partial charge is 0.482 e. The molecule has 0 fully saturated rings. The zero-order valence-corrected chi connectivity index (χ0v) is 15.5. The monoisotopic (exact) mass is 346 g/mol. The maximum absolute atomic E-state index is 11.9. The first-order chi connectivity index (χ1) is 11.2. The van der Waals surface area contributed by atoms with E-state index in [0.717, 1.165) is 11.1 Å². The molecule has 0 N–H and O–H groups in total. The van der Waals surface area contributed by atoms with Crippen molar-refractivity contribution in [2.75, 3.05) is 6.61 Å². The fraction of sp³-hybridized carbons (Fsp3) is 0.350. The minimum absolute atomic E-state index is 0.0654. The lowest BCUT2D eigenvalue weighted by molar-refractivity contribution is -0.136. The van der Waals surface area contributed by atoms with Gasteiger partial charge in [-0.1, -0.05) is 44.5 Å². The molecule has 128 valence electrons. The Balaban J connectivity index is 1.94. The minimum Gasteiger partial charge on any atom is -0.482 e. The van der Waals surface area contributed by atoms with Crippen molar-refractivity contribution in [2.24, 2.45) is 0 Å². The van der Waals surface area contributed by atoms with E-state index in [2.05, 4.69) is 20.8 Å². The Labute approximate surface area is 148 Å². The molecule has 0 aliphatic carbocycles. The van der Waals surface area contributed by atoms with Gasteiger partial charge in [0, 0.05) is 5.02 Å². The lowest BCUT2D eigenvalue weighted by Gasteiger charge is -2.19. The van der Waals surface area contributed by atoms with Crippen LogP contribution >= 0.6 is 11.6 Å². The van der Waals surface area contributed by atoms with Crippen molar-refractivity contribution >= 4 is 17.6 Å². The van der Waals surface area contributed by atoms with Crippen LogP contribution < -0.4 is 9.47 Å². The van der Waals surface area contributed by atoms with E-state index >= 15 is 0 Å². The Morgan fingerprint density at radius 3 is 2.04 bits per heavy atom. The van der Waals surface area contributed by atoms with Crippen LogP contribution in [0.1, 0.15) is 37.5 Å². The Bertz CT molecular complexity index is 705. The summed E-state index contributed by atoms with van der Waals surface area (Å²) in [6.45, 7) is 10.1. The summed E-state index contributed by atoms with van der Waals surface area (Å²) < 4.78 is 10.8. The van der Waals surface area contributed by atoms with Gasteiger partial charge in [0.1, 0.15) is 11.5 Å². The number of carbonyl (C=O) groups excluding carboxylic acids is 1. The third-order valence-corrected chi connectivity index (χ3v) is 4.31. The van der Waals surface area contributed by atoms with E-state index in [0.29, 0.717) is 16.5 Å². The van der Waals surface area contributed by atoms with Crippen molar-refractivity contribution in [1.82, 2.24) is 0 Å². The van der Waals surface area contributed by atoms with Gasteiger partial charge in [-0.25, -0.2) is 4.79 Å². The average Bonchev–Trinajstić information content (AvgIpc) is 2.50. The number of esters is 1. The maximum atomic E-state index is 11.9. The summed E-state index contributed by atoms with van der Waals surface area (Å²) in [5, 5.41) is 0.712. The summed E-state index contributed by atoms with van der Waals surface area (Å²) in [7, 11) is 0. The topological polar surface area (TPSA) is 35.5 Å². The first-order valence-electron chi connectivity index (χ1n) is 7.87. The van der Waals surface area contributed by atoms with Gasteiger partial charge in [-0.15, -0.1) is 0 Å². The molecule has 0 atom stereocenters. The molecular weight excluding hydrogens is 324 g/mol. The van der Waals surface area contributed by atoms with E-state index in [1.165, 1.54) is 5.56 Å². The molecule has 0 saturated carbocycles. The first kappa shape index (κ1) is 18.3. The molecule has 2 aromatic rings. The zero-order valence-electron chi connectivity index (χ0n) is 14.8. The maximum Gasteiger partial charge on any atom is 0.349 e. The predicted octanol–water partition coefficient (Wildman–Crippen LogP) is 5.24. The van der Waals surface area contributed by atoms with Crippen molar-refractivity contribution in [3.63, 3.8) is 0 Å². The summed E-state index contributed by atoms with van der Waals surface area (Å²) in [6, 6.07) is 11.1. The molecule has 0 unspecified atom stereocenters. The van der Waals surface area contributed by atoms with Crippen LogP contribution in [0.25, 0.3) is 0 Å². The van der Waals surface area contributed by atoms with Crippen molar-refractivity contribution < 1.29 is 14.3 Å². The lowest BCUT2D eigenvalue weighted by atomic mass is 9.87. The van der Waals surface area contributed by atoms with Crippen LogP contribution in [0.5, 0.6) is 11.5 Å². The fourth-order valence-electron chi connectivity index (χ4n) is 2.32. The normalized spacial score (nSPS) is 11.2. The molecule has 0 saturated heterocycles. The Hall–Kier alpha value is -2.00. The number of halogens is 1. The SMILES string of the molecule is Cc1cc(OCC(=O)Oc2ccc(C(C)(C)C)cc2)cc(C)c1Cl. The van der Waals surface area contributed by atoms with E-state index < -0.39 is 5.97 Å². The summed E-state index contributed by atoms with van der Waals surface area (Å²) in [6.07, 6.45) is 0. The Kier molecular flexibility index (Phi) is 5.55. The number of benzene rings is 2. The van der Waals surface area contributed by atoms with E-state index in [4.69, 9.17) is 21.1 Å². The van der Waals surface area contributed by atoms with Gasteiger partial charge >= 0.3 is 5.97 Å². The smallest absolute Gasteiger partial charge is 0.349 e. The molecule has 0 aliphatic rings. The quantitative estimate of drug-likeness (QED) is 0.561. The lowest BCUT2D eigenvalue weighted by Crippen LogP contribution is -2.18. The Morgan fingerprint density at radius 2 is 1.54 bits per heavy atom. The molecule has 0 spiro atoms. The molecular formula is C20H23ClO3. The van der Waals surface area contributed by atoms with Crippen molar-refractivity contribution in [3.8, 4) is 11.5 Å². The van der Waals surface area contributed by atoms with Gasteiger partial charge in [0.05, 0.1) is 0 Å². The number of carbonyl (C=O) groups is 1. The van der Waals surface area contributed by atoms with Gasteiger partial charge < -0.3 is 9.47 Å². The second-order valence-corrected chi connectivity index (χ2v) is 7.29. The van der Waals surface area contributed by atoms with E-state index in [1.54, 1.807) is 24.3 Å². The van der Waals surface area contributed by atoms with Gasteiger partial charge in [0.15, 0.2) is 6.61 Å². The summed E-state index contributed by atoms with van der Waals surface area (Å²) in [5.74, 6) is 0.679. The highest BCUT2D eigenvalue weighted by atomic mass is 35.5. The second-order valence-electron chi connectivity index (χ2n) is 6.91. The fourth-order valence-corrected chi connectivity index (χ4v) is 2.42. The molecule has 4 heteroatoms. The van der Waals surface area contributed by atoms with Crippen LogP contribution in [0.2, 0.25) is 5.02 Å². The summed E-state index contributed by atoms with van der Waals surface area (Å²) >= 11 is 6.12. The van der Waals surface area contributed by atoms with Crippen LogP contribution in [-0.2, 0) is 10.2 Å². The molecule has 0 aliphatic heterocycles. The molecule has 0 radical (unpaired) electrons. The second kappa shape index (κ2) is 7.27. The molecule has 2 rings (SSSR count). The first-order valence-corrected chi connectivity index (χ1v) is 8.25. The third-order valence-electron chi connectivity index (χ3n) is 3.72. The van der Waals surface area contributed by atoms with Crippen molar-refractivity contribution in [3.05, 3.63) is 58.1 Å². The van der Waals surface area contributed by atoms with Gasteiger partial charge in [0.2, 0.25) is 0 Å². The molecule has 2 aromatic carbocycles. The van der Waals surface area contributed by atoms with Crippen LogP contribution in [0, 0.1) is 13.8 Å².